The van der Waals surface area contributed by atoms with Crippen molar-refractivity contribution in [1.82, 2.24) is 14.9 Å². The number of carboxylic acid groups (broad SMARTS) is 1. The Morgan fingerprint density at radius 3 is 2.81 bits per heavy atom. The minimum atomic E-state index is -0.948. The zero-order chi connectivity index (χ0) is 15.4. The molecule has 0 spiro atoms. The first-order chi connectivity index (χ1) is 10.0. The summed E-state index contributed by atoms with van der Waals surface area (Å²) in [5.74, 6) is -1.23. The van der Waals surface area contributed by atoms with Gasteiger partial charge in [0.05, 0.1) is 18.7 Å². The summed E-state index contributed by atoms with van der Waals surface area (Å²) in [6.45, 7) is -0.196. The number of imidazole rings is 1. The molecule has 0 aliphatic heterocycles. The zero-order valence-electron chi connectivity index (χ0n) is 10.8. The molecule has 2 aromatic heterocycles. The fraction of sp³-hybridized carbons (Fsp3) is 0.250. The number of fused-ring (bicyclic) bond motifs is 1. The molecule has 4 N–H and O–H groups in total. The van der Waals surface area contributed by atoms with E-state index < -0.39 is 11.9 Å². The normalized spacial score (nSPS) is 10.6. The lowest BCUT2D eigenvalue weighted by atomic mass is 10.2. The number of amides is 1. The van der Waals surface area contributed by atoms with Crippen LogP contribution in [-0.2, 0) is 16.0 Å². The van der Waals surface area contributed by atoms with E-state index in [0.29, 0.717) is 22.3 Å². The van der Waals surface area contributed by atoms with E-state index in [0.717, 1.165) is 0 Å². The van der Waals surface area contributed by atoms with Crippen molar-refractivity contribution in [3.8, 4) is 0 Å². The first kappa shape index (κ1) is 15.1. The molecule has 0 saturated heterocycles. The summed E-state index contributed by atoms with van der Waals surface area (Å²) >= 11 is 6.11. The predicted octanol–water partition coefficient (Wildman–Crippen LogP) is 0.922. The molecule has 112 valence electrons. The van der Waals surface area contributed by atoms with Crippen LogP contribution < -0.4 is 10.8 Å². The van der Waals surface area contributed by atoms with Gasteiger partial charge >= 0.3 is 5.97 Å². The van der Waals surface area contributed by atoms with Crippen molar-refractivity contribution >= 4 is 34.9 Å². The Labute approximate surface area is 124 Å². The molecule has 2 rings (SSSR count). The number of nitrogens with zero attached hydrogens (tertiary/aromatic N) is 2. The molecule has 0 saturated carbocycles. The molecule has 0 fully saturated rings. The number of rotatable bonds is 6. The van der Waals surface area contributed by atoms with Crippen molar-refractivity contribution in [3.05, 3.63) is 29.0 Å². The third kappa shape index (κ3) is 3.41. The highest BCUT2D eigenvalue weighted by Gasteiger charge is 2.15. The summed E-state index contributed by atoms with van der Waals surface area (Å²) < 4.78 is 1.61. The van der Waals surface area contributed by atoms with E-state index in [4.69, 9.17) is 21.9 Å². The molecule has 0 aromatic carbocycles. The molecule has 0 aliphatic rings. The summed E-state index contributed by atoms with van der Waals surface area (Å²) in [7, 11) is 0. The van der Waals surface area contributed by atoms with E-state index in [-0.39, 0.29) is 19.4 Å². The highest BCUT2D eigenvalue weighted by molar-refractivity contribution is 6.29. The molecule has 0 bridgehead atoms. The Morgan fingerprint density at radius 1 is 1.38 bits per heavy atom. The van der Waals surface area contributed by atoms with E-state index in [1.807, 2.05) is 0 Å². The van der Waals surface area contributed by atoms with Crippen LogP contribution in [-0.4, -0.2) is 38.1 Å². The number of aromatic nitrogens is 2. The summed E-state index contributed by atoms with van der Waals surface area (Å²) in [5, 5.41) is 20.4. The number of carboxylic acids is 1. The van der Waals surface area contributed by atoms with Crippen molar-refractivity contribution in [2.24, 2.45) is 0 Å². The largest absolute Gasteiger partial charge is 0.481 e. The third-order valence-electron chi connectivity index (χ3n) is 2.81. The monoisotopic (exact) mass is 312 g/mol. The average Bonchev–Trinajstić information content (AvgIpc) is 2.81. The van der Waals surface area contributed by atoms with Crippen LogP contribution in [0.2, 0.25) is 5.15 Å². The van der Waals surface area contributed by atoms with Gasteiger partial charge in [0.1, 0.15) is 16.6 Å². The molecule has 0 atom stereocenters. The van der Waals surface area contributed by atoms with Crippen LogP contribution in [0.1, 0.15) is 12.1 Å². The van der Waals surface area contributed by atoms with Gasteiger partial charge < -0.3 is 10.4 Å². The predicted molar refractivity (Wildman–Crippen MR) is 74.6 cm³/mol. The van der Waals surface area contributed by atoms with E-state index in [2.05, 4.69) is 10.3 Å². The first-order valence-electron chi connectivity index (χ1n) is 6.07. The van der Waals surface area contributed by atoms with Crippen molar-refractivity contribution in [2.75, 3.05) is 11.9 Å². The van der Waals surface area contributed by atoms with Crippen LogP contribution in [0.4, 0.5) is 5.82 Å². The van der Waals surface area contributed by atoms with Crippen molar-refractivity contribution in [1.29, 1.82) is 0 Å². The van der Waals surface area contributed by atoms with Crippen molar-refractivity contribution < 1.29 is 19.9 Å². The summed E-state index contributed by atoms with van der Waals surface area (Å²) in [6, 6.07) is 5.09. The van der Waals surface area contributed by atoms with Gasteiger partial charge in [-0.3, -0.25) is 19.2 Å². The highest BCUT2D eigenvalue weighted by Crippen LogP contribution is 2.23. The van der Waals surface area contributed by atoms with Gasteiger partial charge in [-0.1, -0.05) is 17.7 Å². The molecule has 8 nitrogen and oxygen atoms in total. The van der Waals surface area contributed by atoms with E-state index in [1.54, 1.807) is 22.6 Å². The molecular formula is C12H13ClN4O4. The maximum Gasteiger partial charge on any atom is 0.303 e. The minimum Gasteiger partial charge on any atom is -0.481 e. The lowest BCUT2D eigenvalue weighted by Crippen LogP contribution is -2.27. The number of nitrogens with one attached hydrogen (secondary N) is 2. The van der Waals surface area contributed by atoms with Gasteiger partial charge in [-0.25, -0.2) is 10.5 Å². The van der Waals surface area contributed by atoms with Gasteiger partial charge in [-0.05, 0) is 12.1 Å². The molecule has 0 aliphatic carbocycles. The highest BCUT2D eigenvalue weighted by atomic mass is 35.5. The van der Waals surface area contributed by atoms with Crippen LogP contribution in [0.5, 0.6) is 0 Å². The smallest absolute Gasteiger partial charge is 0.303 e. The van der Waals surface area contributed by atoms with Crippen LogP contribution >= 0.6 is 11.6 Å². The van der Waals surface area contributed by atoms with E-state index in [1.165, 1.54) is 5.48 Å². The van der Waals surface area contributed by atoms with Crippen LogP contribution in [0.3, 0.4) is 0 Å². The second-order valence-electron chi connectivity index (χ2n) is 4.23. The molecule has 9 heteroatoms. The number of pyridine rings is 1. The Morgan fingerprint density at radius 2 is 2.14 bits per heavy atom. The van der Waals surface area contributed by atoms with Gasteiger partial charge in [-0.15, -0.1) is 0 Å². The number of carbonyl (C=O) groups is 2. The number of carbonyl (C=O) groups excluding carboxylic acids is 1. The molecule has 2 aromatic rings. The van der Waals surface area contributed by atoms with Gasteiger partial charge in [0.2, 0.25) is 0 Å². The maximum absolute atomic E-state index is 11.1. The molecule has 21 heavy (non-hydrogen) atoms. The van der Waals surface area contributed by atoms with Gasteiger partial charge in [0.25, 0.3) is 5.91 Å². The fourth-order valence-corrected chi connectivity index (χ4v) is 2.17. The number of halogens is 1. The van der Waals surface area contributed by atoms with Gasteiger partial charge in [-0.2, -0.15) is 0 Å². The standard InChI is InChI=1S/C12H13ClN4O4/c13-8-2-1-3-9-15-12(14-6-10(18)16-21)7(17(8)9)4-5-11(19)20/h1-3,14,21H,4-6H2,(H,16,18)(H,19,20). The van der Waals surface area contributed by atoms with E-state index >= 15 is 0 Å². The maximum atomic E-state index is 11.1. The summed E-state index contributed by atoms with van der Waals surface area (Å²) in [6.07, 6.45) is 0.100. The zero-order valence-corrected chi connectivity index (χ0v) is 11.6. The summed E-state index contributed by atoms with van der Waals surface area (Å²) in [5.41, 5.74) is 2.59. The minimum absolute atomic E-state index is 0.0973. The molecule has 0 radical (unpaired) electrons. The number of aliphatic carboxylic acids is 1. The van der Waals surface area contributed by atoms with Crippen LogP contribution in [0.15, 0.2) is 18.2 Å². The number of aryl methyl sites for hydroxylation is 1. The molecule has 0 unspecified atom stereocenters. The number of hydrogen-bond acceptors (Lipinski definition) is 5. The quantitative estimate of drug-likeness (QED) is 0.358. The Hall–Kier alpha value is -2.32. The average molecular weight is 313 g/mol. The lowest BCUT2D eigenvalue weighted by Gasteiger charge is -2.06. The number of hydrogen-bond donors (Lipinski definition) is 4. The summed E-state index contributed by atoms with van der Waals surface area (Å²) in [4.78, 5) is 26.1. The SMILES string of the molecule is O=C(O)CCc1c(NCC(=O)NO)nc2cccc(Cl)n12. The first-order valence-corrected chi connectivity index (χ1v) is 6.45. The van der Waals surface area contributed by atoms with Crippen LogP contribution in [0.25, 0.3) is 5.65 Å². The van der Waals surface area contributed by atoms with Crippen LogP contribution in [0, 0.1) is 0 Å². The third-order valence-corrected chi connectivity index (χ3v) is 3.10. The van der Waals surface area contributed by atoms with Gasteiger partial charge in [0, 0.05) is 6.42 Å². The Bertz CT molecular complexity index is 685. The van der Waals surface area contributed by atoms with E-state index in [9.17, 15) is 9.59 Å². The number of anilines is 1. The molecular weight excluding hydrogens is 300 g/mol. The Balaban J connectivity index is 2.37. The van der Waals surface area contributed by atoms with Gasteiger partial charge in [0.15, 0.2) is 0 Å². The molecule has 1 amide bonds. The molecule has 2 heterocycles. The Kier molecular flexibility index (Phi) is 4.61. The topological polar surface area (TPSA) is 116 Å². The fourth-order valence-electron chi connectivity index (χ4n) is 1.91. The van der Waals surface area contributed by atoms with Crippen molar-refractivity contribution in [2.45, 2.75) is 12.8 Å². The second kappa shape index (κ2) is 6.42. The number of hydroxylamine groups is 1. The lowest BCUT2D eigenvalue weighted by molar-refractivity contribution is -0.137. The second-order valence-corrected chi connectivity index (χ2v) is 4.62. The van der Waals surface area contributed by atoms with Crippen molar-refractivity contribution in [3.63, 3.8) is 0 Å².